The summed E-state index contributed by atoms with van der Waals surface area (Å²) in [7, 11) is 0. The van der Waals surface area contributed by atoms with Gasteiger partial charge in [0.05, 0.1) is 25.4 Å². The topological polar surface area (TPSA) is 67.3 Å². The zero-order valence-corrected chi connectivity index (χ0v) is 8.11. The lowest BCUT2D eigenvalue weighted by Gasteiger charge is -2.15. The molecule has 6 heteroatoms. The van der Waals surface area contributed by atoms with Crippen molar-refractivity contribution in [3.8, 4) is 0 Å². The normalized spacial score (nSPS) is 26.4. The number of hydrogen-bond acceptors (Lipinski definition) is 5. The maximum atomic E-state index is 9.46. The van der Waals surface area contributed by atoms with Crippen molar-refractivity contribution in [3.63, 3.8) is 0 Å². The molecule has 14 heavy (non-hydrogen) atoms. The van der Waals surface area contributed by atoms with Crippen LogP contribution in [0.2, 0.25) is 5.15 Å². The molecule has 1 aromatic heterocycles. The third-order valence-corrected chi connectivity index (χ3v) is 2.30. The molecule has 2 heterocycles. The molecular formula is C8H10ClN3O2. The monoisotopic (exact) mass is 215 g/mol. The van der Waals surface area contributed by atoms with Gasteiger partial charge >= 0.3 is 0 Å². The van der Waals surface area contributed by atoms with Gasteiger partial charge in [-0.25, -0.2) is 9.97 Å². The maximum absolute atomic E-state index is 9.46. The summed E-state index contributed by atoms with van der Waals surface area (Å²) in [5, 5.41) is 12.7. The molecule has 1 fully saturated rings. The first kappa shape index (κ1) is 9.64. The average molecular weight is 216 g/mol. The summed E-state index contributed by atoms with van der Waals surface area (Å²) in [5.41, 5.74) is 0. The zero-order valence-electron chi connectivity index (χ0n) is 7.35. The largest absolute Gasteiger partial charge is 0.388 e. The van der Waals surface area contributed by atoms with Crippen molar-refractivity contribution in [1.29, 1.82) is 0 Å². The second kappa shape index (κ2) is 4.08. The van der Waals surface area contributed by atoms with Crippen LogP contribution in [0.15, 0.2) is 12.4 Å². The van der Waals surface area contributed by atoms with Crippen LogP contribution in [-0.2, 0) is 4.74 Å². The van der Waals surface area contributed by atoms with Gasteiger partial charge in [0.15, 0.2) is 11.0 Å². The Labute approximate surface area is 86.1 Å². The third-order valence-electron chi connectivity index (χ3n) is 2.03. The lowest BCUT2D eigenvalue weighted by Crippen LogP contribution is -2.32. The number of anilines is 1. The minimum absolute atomic E-state index is 0.163. The van der Waals surface area contributed by atoms with Crippen LogP contribution < -0.4 is 5.32 Å². The van der Waals surface area contributed by atoms with Crippen molar-refractivity contribution in [2.45, 2.75) is 12.1 Å². The minimum atomic E-state index is -0.520. The van der Waals surface area contributed by atoms with Crippen molar-refractivity contribution in [2.24, 2.45) is 0 Å². The molecule has 76 valence electrons. The van der Waals surface area contributed by atoms with Gasteiger partial charge in [0.25, 0.3) is 0 Å². The molecule has 0 saturated carbocycles. The number of ether oxygens (including phenoxy) is 1. The molecule has 0 bridgehead atoms. The second-order valence-corrected chi connectivity index (χ2v) is 3.41. The van der Waals surface area contributed by atoms with Gasteiger partial charge in [-0.15, -0.1) is 0 Å². The molecule has 1 saturated heterocycles. The Kier molecular flexibility index (Phi) is 2.81. The van der Waals surface area contributed by atoms with Crippen LogP contribution in [0.25, 0.3) is 0 Å². The number of rotatable bonds is 2. The summed E-state index contributed by atoms with van der Waals surface area (Å²) in [6.07, 6.45) is 2.53. The molecular weight excluding hydrogens is 206 g/mol. The molecule has 2 atom stereocenters. The van der Waals surface area contributed by atoms with Crippen molar-refractivity contribution in [3.05, 3.63) is 17.5 Å². The predicted octanol–water partition coefficient (Wildman–Crippen LogP) is 0.302. The van der Waals surface area contributed by atoms with E-state index in [-0.39, 0.29) is 6.04 Å². The number of aliphatic hydroxyl groups is 1. The van der Waals surface area contributed by atoms with Crippen LogP contribution in [-0.4, -0.2) is 40.4 Å². The molecule has 0 unspecified atom stereocenters. The van der Waals surface area contributed by atoms with Gasteiger partial charge in [-0.1, -0.05) is 11.6 Å². The first-order valence-electron chi connectivity index (χ1n) is 4.26. The van der Waals surface area contributed by atoms with Crippen LogP contribution in [0.4, 0.5) is 5.82 Å². The summed E-state index contributed by atoms with van der Waals surface area (Å²) in [6, 6.07) is -0.163. The molecule has 1 aromatic rings. The van der Waals surface area contributed by atoms with Crippen LogP contribution in [0.3, 0.4) is 0 Å². The van der Waals surface area contributed by atoms with Crippen molar-refractivity contribution in [1.82, 2.24) is 9.97 Å². The van der Waals surface area contributed by atoms with Gasteiger partial charge in [0.1, 0.15) is 0 Å². The van der Waals surface area contributed by atoms with Crippen molar-refractivity contribution >= 4 is 17.4 Å². The highest BCUT2D eigenvalue weighted by Gasteiger charge is 2.26. The Morgan fingerprint density at radius 1 is 1.43 bits per heavy atom. The van der Waals surface area contributed by atoms with Crippen LogP contribution in [0.5, 0.6) is 0 Å². The maximum Gasteiger partial charge on any atom is 0.171 e. The molecule has 1 aliphatic rings. The van der Waals surface area contributed by atoms with Gasteiger partial charge in [0, 0.05) is 12.4 Å². The van der Waals surface area contributed by atoms with Crippen molar-refractivity contribution in [2.75, 3.05) is 18.5 Å². The Morgan fingerprint density at radius 3 is 2.86 bits per heavy atom. The first-order chi connectivity index (χ1) is 6.77. The number of halogens is 1. The fourth-order valence-corrected chi connectivity index (χ4v) is 1.43. The van der Waals surface area contributed by atoms with E-state index in [4.69, 9.17) is 16.3 Å². The quantitative estimate of drug-likeness (QED) is 0.743. The van der Waals surface area contributed by atoms with Crippen LogP contribution in [0, 0.1) is 0 Å². The van der Waals surface area contributed by atoms with E-state index in [9.17, 15) is 5.11 Å². The minimum Gasteiger partial charge on any atom is -0.388 e. The Bertz CT molecular complexity index is 323. The van der Waals surface area contributed by atoms with E-state index in [1.165, 1.54) is 12.4 Å². The van der Waals surface area contributed by atoms with E-state index in [2.05, 4.69) is 15.3 Å². The molecule has 0 spiro atoms. The number of hydrogen-bond donors (Lipinski definition) is 2. The van der Waals surface area contributed by atoms with Gasteiger partial charge in [-0.2, -0.15) is 0 Å². The number of nitrogens with one attached hydrogen (secondary N) is 1. The van der Waals surface area contributed by atoms with Crippen LogP contribution >= 0.6 is 11.6 Å². The molecule has 0 amide bonds. The van der Waals surface area contributed by atoms with E-state index in [0.29, 0.717) is 24.2 Å². The second-order valence-electron chi connectivity index (χ2n) is 3.05. The molecule has 2 N–H and O–H groups in total. The van der Waals surface area contributed by atoms with Gasteiger partial charge < -0.3 is 15.2 Å². The Hall–Kier alpha value is -0.910. The number of aliphatic hydroxyl groups excluding tert-OH is 1. The average Bonchev–Trinajstić information content (AvgIpc) is 2.56. The van der Waals surface area contributed by atoms with Gasteiger partial charge in [-0.3, -0.25) is 0 Å². The highest BCUT2D eigenvalue weighted by Crippen LogP contribution is 2.18. The number of nitrogens with zero attached hydrogens (tertiary/aromatic N) is 2. The fraction of sp³-hybridized carbons (Fsp3) is 0.500. The molecule has 0 radical (unpaired) electrons. The highest BCUT2D eigenvalue weighted by molar-refractivity contribution is 6.31. The predicted molar refractivity (Wildman–Crippen MR) is 51.3 cm³/mol. The summed E-state index contributed by atoms with van der Waals surface area (Å²) in [5.74, 6) is 0.476. The summed E-state index contributed by atoms with van der Waals surface area (Å²) < 4.78 is 5.08. The first-order valence-corrected chi connectivity index (χ1v) is 4.64. The lowest BCUT2D eigenvalue weighted by molar-refractivity contribution is 0.125. The fourth-order valence-electron chi connectivity index (χ4n) is 1.27. The Balaban J connectivity index is 2.07. The van der Waals surface area contributed by atoms with Gasteiger partial charge in [-0.05, 0) is 0 Å². The molecule has 1 aliphatic heterocycles. The van der Waals surface area contributed by atoms with Crippen molar-refractivity contribution < 1.29 is 9.84 Å². The molecule has 2 rings (SSSR count). The van der Waals surface area contributed by atoms with E-state index >= 15 is 0 Å². The highest BCUT2D eigenvalue weighted by atomic mass is 35.5. The van der Waals surface area contributed by atoms with Gasteiger partial charge in [0.2, 0.25) is 0 Å². The summed E-state index contributed by atoms with van der Waals surface area (Å²) in [6.45, 7) is 0.795. The standard InChI is InChI=1S/C8H10ClN3O2/c9-7-8(11-2-1-10-7)12-5-3-14-4-6(5)13/h1-2,5-6,13H,3-4H2,(H,11,12)/t5-,6-/m1/s1. The smallest absolute Gasteiger partial charge is 0.171 e. The van der Waals surface area contributed by atoms with E-state index < -0.39 is 6.10 Å². The SMILES string of the molecule is O[C@@H]1COC[C@H]1Nc1nccnc1Cl. The third kappa shape index (κ3) is 1.95. The summed E-state index contributed by atoms with van der Waals surface area (Å²) in [4.78, 5) is 7.87. The molecule has 0 aromatic carbocycles. The van der Waals surface area contributed by atoms with E-state index in [1.54, 1.807) is 0 Å². The Morgan fingerprint density at radius 2 is 2.21 bits per heavy atom. The number of aromatic nitrogens is 2. The zero-order chi connectivity index (χ0) is 9.97. The van der Waals surface area contributed by atoms with Crippen LogP contribution in [0.1, 0.15) is 0 Å². The van der Waals surface area contributed by atoms with E-state index in [1.807, 2.05) is 0 Å². The van der Waals surface area contributed by atoms with E-state index in [0.717, 1.165) is 0 Å². The molecule has 0 aliphatic carbocycles. The molecule has 5 nitrogen and oxygen atoms in total. The lowest BCUT2D eigenvalue weighted by atomic mass is 10.2. The summed E-state index contributed by atoms with van der Waals surface area (Å²) >= 11 is 5.79.